The van der Waals surface area contributed by atoms with Crippen molar-refractivity contribution < 1.29 is 32.6 Å². The van der Waals surface area contributed by atoms with Crippen molar-refractivity contribution in [2.45, 2.75) is 37.6 Å². The zero-order valence-corrected chi connectivity index (χ0v) is 8.79. The summed E-state index contributed by atoms with van der Waals surface area (Å²) in [5.74, 6) is -1.87. The lowest BCUT2D eigenvalue weighted by atomic mass is 10.2. The lowest BCUT2D eigenvalue weighted by Crippen LogP contribution is -2.37. The lowest BCUT2D eigenvalue weighted by molar-refractivity contribution is -0.152. The Hall–Kier alpha value is -1.31. The Kier molecular flexibility index (Phi) is 4.33. The van der Waals surface area contributed by atoms with E-state index >= 15 is 0 Å². The number of hydrogen-bond acceptors (Lipinski definition) is 3. The van der Waals surface area contributed by atoms with E-state index in [2.05, 4.69) is 5.32 Å². The molecule has 2 unspecified atom stereocenters. The third kappa shape index (κ3) is 4.59. The highest BCUT2D eigenvalue weighted by Crippen LogP contribution is 2.21. The fourth-order valence-electron chi connectivity index (χ4n) is 1.45. The molecule has 0 radical (unpaired) electrons. The fraction of sp³-hybridized carbons (Fsp3) is 0.778. The lowest BCUT2D eigenvalue weighted by Gasteiger charge is -2.12. The van der Waals surface area contributed by atoms with Crippen LogP contribution >= 0.6 is 0 Å². The van der Waals surface area contributed by atoms with Gasteiger partial charge in [0, 0.05) is 6.54 Å². The van der Waals surface area contributed by atoms with Crippen LogP contribution in [0.3, 0.4) is 0 Å². The molecule has 5 nitrogen and oxygen atoms in total. The molecule has 1 heterocycles. The molecule has 0 bridgehead atoms. The second-order valence-corrected chi connectivity index (χ2v) is 3.69. The zero-order chi connectivity index (χ0) is 13.1. The molecule has 0 aromatic rings. The van der Waals surface area contributed by atoms with Crippen molar-refractivity contribution in [3.05, 3.63) is 0 Å². The number of carbonyl (C=O) groups is 2. The van der Waals surface area contributed by atoms with Crippen LogP contribution in [0.15, 0.2) is 0 Å². The normalized spacial score (nSPS) is 24.6. The molecule has 2 atom stereocenters. The van der Waals surface area contributed by atoms with Crippen LogP contribution in [0.25, 0.3) is 0 Å². The van der Waals surface area contributed by atoms with E-state index in [9.17, 15) is 22.8 Å². The molecule has 1 rings (SSSR count). The summed E-state index contributed by atoms with van der Waals surface area (Å²) in [4.78, 5) is 21.8. The molecule has 1 fully saturated rings. The van der Waals surface area contributed by atoms with Crippen molar-refractivity contribution in [1.82, 2.24) is 5.32 Å². The molecule has 0 saturated carbocycles. The topological polar surface area (TPSA) is 75.6 Å². The molecule has 17 heavy (non-hydrogen) atoms. The van der Waals surface area contributed by atoms with Gasteiger partial charge in [-0.2, -0.15) is 13.2 Å². The minimum Gasteiger partial charge on any atom is -0.479 e. The van der Waals surface area contributed by atoms with Gasteiger partial charge in [-0.1, -0.05) is 0 Å². The summed E-state index contributed by atoms with van der Waals surface area (Å²) in [6.45, 7) is -0.528. The summed E-state index contributed by atoms with van der Waals surface area (Å²) >= 11 is 0. The van der Waals surface area contributed by atoms with Gasteiger partial charge in [-0.3, -0.25) is 4.79 Å². The first-order valence-corrected chi connectivity index (χ1v) is 5.02. The van der Waals surface area contributed by atoms with Crippen LogP contribution in [-0.2, 0) is 14.3 Å². The number of carboxylic acids is 1. The molecule has 0 spiro atoms. The summed E-state index contributed by atoms with van der Waals surface area (Å²) < 4.78 is 40.2. The maximum absolute atomic E-state index is 11.8. The van der Waals surface area contributed by atoms with Gasteiger partial charge in [0.05, 0.1) is 6.42 Å². The van der Waals surface area contributed by atoms with Crippen molar-refractivity contribution >= 4 is 11.9 Å². The molecule has 1 aliphatic heterocycles. The Labute approximate surface area is 94.9 Å². The summed E-state index contributed by atoms with van der Waals surface area (Å²) in [5.41, 5.74) is 0. The average Bonchev–Trinajstić information content (AvgIpc) is 2.63. The van der Waals surface area contributed by atoms with Gasteiger partial charge < -0.3 is 15.2 Å². The summed E-state index contributed by atoms with van der Waals surface area (Å²) in [6.07, 6.45) is -7.07. The smallest absolute Gasteiger partial charge is 0.390 e. The van der Waals surface area contributed by atoms with Crippen molar-refractivity contribution in [1.29, 1.82) is 0 Å². The van der Waals surface area contributed by atoms with E-state index < -0.39 is 43.2 Å². The van der Waals surface area contributed by atoms with Crippen LogP contribution in [0.4, 0.5) is 13.2 Å². The van der Waals surface area contributed by atoms with Crippen molar-refractivity contribution in [2.75, 3.05) is 6.54 Å². The molecule has 1 aliphatic rings. The number of ether oxygens (including phenoxy) is 1. The molecular weight excluding hydrogens is 243 g/mol. The zero-order valence-electron chi connectivity index (χ0n) is 8.79. The van der Waals surface area contributed by atoms with Gasteiger partial charge in [-0.05, 0) is 12.8 Å². The van der Waals surface area contributed by atoms with Crippen LogP contribution in [-0.4, -0.2) is 41.9 Å². The van der Waals surface area contributed by atoms with Gasteiger partial charge >= 0.3 is 12.1 Å². The van der Waals surface area contributed by atoms with E-state index in [0.717, 1.165) is 0 Å². The van der Waals surface area contributed by atoms with Crippen molar-refractivity contribution in [3.63, 3.8) is 0 Å². The number of nitrogens with one attached hydrogen (secondary N) is 1. The van der Waals surface area contributed by atoms with Gasteiger partial charge in [0.1, 0.15) is 6.10 Å². The maximum Gasteiger partial charge on any atom is 0.390 e. The van der Waals surface area contributed by atoms with Crippen LogP contribution in [0.2, 0.25) is 0 Å². The van der Waals surface area contributed by atoms with Crippen LogP contribution < -0.4 is 5.32 Å². The van der Waals surface area contributed by atoms with Crippen molar-refractivity contribution in [3.8, 4) is 0 Å². The van der Waals surface area contributed by atoms with Crippen LogP contribution in [0.1, 0.15) is 19.3 Å². The highest BCUT2D eigenvalue weighted by atomic mass is 19.4. The predicted molar refractivity (Wildman–Crippen MR) is 49.2 cm³/mol. The Morgan fingerprint density at radius 1 is 1.29 bits per heavy atom. The first-order valence-electron chi connectivity index (χ1n) is 5.02. The van der Waals surface area contributed by atoms with E-state index in [1.165, 1.54) is 0 Å². The van der Waals surface area contributed by atoms with Gasteiger partial charge in [-0.15, -0.1) is 0 Å². The van der Waals surface area contributed by atoms with Crippen LogP contribution in [0.5, 0.6) is 0 Å². The Morgan fingerprint density at radius 2 is 1.88 bits per heavy atom. The maximum atomic E-state index is 11.8. The van der Waals surface area contributed by atoms with E-state index in [0.29, 0.717) is 0 Å². The summed E-state index contributed by atoms with van der Waals surface area (Å²) in [6, 6.07) is 0. The molecule has 8 heteroatoms. The van der Waals surface area contributed by atoms with Gasteiger partial charge in [0.25, 0.3) is 0 Å². The largest absolute Gasteiger partial charge is 0.479 e. The number of aliphatic carboxylic acids is 1. The Balaban J connectivity index is 2.28. The van der Waals surface area contributed by atoms with E-state index in [-0.39, 0.29) is 12.8 Å². The minimum absolute atomic E-state index is 0.187. The number of carbonyl (C=O) groups excluding carboxylic acids is 1. The second-order valence-electron chi connectivity index (χ2n) is 3.69. The molecular formula is C9H12F3NO4. The Morgan fingerprint density at radius 3 is 2.35 bits per heavy atom. The quantitative estimate of drug-likeness (QED) is 0.774. The third-order valence-electron chi connectivity index (χ3n) is 2.30. The number of hydrogen-bond donors (Lipinski definition) is 2. The monoisotopic (exact) mass is 255 g/mol. The number of rotatable bonds is 4. The third-order valence-corrected chi connectivity index (χ3v) is 2.30. The van der Waals surface area contributed by atoms with E-state index in [4.69, 9.17) is 9.84 Å². The molecule has 98 valence electrons. The van der Waals surface area contributed by atoms with Gasteiger partial charge in [-0.25, -0.2) is 4.79 Å². The molecule has 0 aromatic carbocycles. The molecule has 1 saturated heterocycles. The van der Waals surface area contributed by atoms with Gasteiger partial charge in [0.15, 0.2) is 6.10 Å². The number of alkyl halides is 3. The molecule has 0 aliphatic carbocycles. The van der Waals surface area contributed by atoms with Crippen molar-refractivity contribution in [2.24, 2.45) is 0 Å². The van der Waals surface area contributed by atoms with Gasteiger partial charge in [0.2, 0.25) is 5.91 Å². The number of amides is 1. The molecule has 2 N–H and O–H groups in total. The summed E-state index contributed by atoms with van der Waals surface area (Å²) in [7, 11) is 0. The predicted octanol–water partition coefficient (Wildman–Crippen LogP) is 0.687. The molecule has 1 amide bonds. The van der Waals surface area contributed by atoms with E-state index in [1.54, 1.807) is 0 Å². The molecule has 0 aromatic heterocycles. The Bertz CT molecular complexity index is 305. The fourth-order valence-corrected chi connectivity index (χ4v) is 1.45. The standard InChI is InChI=1S/C9H12F3NO4/c10-9(11,12)3-4-13-7(14)5-1-2-6(17-5)8(15)16/h5-6H,1-4H2,(H,13,14)(H,15,16). The average molecular weight is 255 g/mol. The summed E-state index contributed by atoms with van der Waals surface area (Å²) in [5, 5.41) is 10.7. The SMILES string of the molecule is O=C(O)C1CCC(C(=O)NCCC(F)(F)F)O1. The first-order chi connectivity index (χ1) is 7.79. The number of carboxylic acid groups (broad SMARTS) is 1. The second kappa shape index (κ2) is 5.35. The highest BCUT2D eigenvalue weighted by Gasteiger charge is 2.35. The highest BCUT2D eigenvalue weighted by molar-refractivity contribution is 5.82. The minimum atomic E-state index is -4.33. The van der Waals surface area contributed by atoms with E-state index in [1.807, 2.05) is 0 Å². The van der Waals surface area contributed by atoms with Crippen LogP contribution in [0, 0.1) is 0 Å². The first kappa shape index (κ1) is 13.8. The number of halogens is 3.